The number of carbonyl (C=O) groups is 2. The van der Waals surface area contributed by atoms with E-state index < -0.39 is 5.97 Å². The molecule has 0 aliphatic carbocycles. The molecule has 68 valence electrons. The molecule has 0 spiro atoms. The third-order valence-electron chi connectivity index (χ3n) is 2.22. The average molecular weight is 171 g/mol. The first kappa shape index (κ1) is 9.03. The Hall–Kier alpha value is -1.06. The second kappa shape index (κ2) is 4.09. The Labute approximate surface area is 71.2 Å². The van der Waals surface area contributed by atoms with Gasteiger partial charge in [0.25, 0.3) is 0 Å². The molecule has 0 aromatic carbocycles. The van der Waals surface area contributed by atoms with Crippen LogP contribution in [-0.4, -0.2) is 35.0 Å². The Balaban J connectivity index is 2.46. The Bertz CT molecular complexity index is 181. The molecular formula is C8H13NO3. The molecule has 1 amide bonds. The fourth-order valence-electron chi connectivity index (χ4n) is 1.58. The Kier molecular flexibility index (Phi) is 3.08. The molecule has 1 heterocycles. The molecule has 1 fully saturated rings. The maximum atomic E-state index is 10.5. The third-order valence-corrected chi connectivity index (χ3v) is 2.22. The van der Waals surface area contributed by atoms with E-state index in [0.717, 1.165) is 25.7 Å². The molecule has 0 aromatic rings. The smallest absolute Gasteiger partial charge is 0.305 e. The van der Waals surface area contributed by atoms with E-state index in [1.807, 2.05) is 0 Å². The summed E-state index contributed by atoms with van der Waals surface area (Å²) in [5.74, 6) is -0.825. The van der Waals surface area contributed by atoms with Crippen LogP contribution >= 0.6 is 0 Å². The molecule has 0 radical (unpaired) electrons. The van der Waals surface area contributed by atoms with Crippen molar-refractivity contribution in [3.8, 4) is 0 Å². The van der Waals surface area contributed by atoms with Crippen LogP contribution in [0.25, 0.3) is 0 Å². The van der Waals surface area contributed by atoms with Crippen LogP contribution in [0.1, 0.15) is 25.7 Å². The molecule has 1 saturated heterocycles. The van der Waals surface area contributed by atoms with E-state index in [4.69, 9.17) is 5.11 Å². The summed E-state index contributed by atoms with van der Waals surface area (Å²) >= 11 is 0. The monoisotopic (exact) mass is 171 g/mol. The Morgan fingerprint density at radius 1 is 1.58 bits per heavy atom. The number of aliphatic carboxylic acids is 1. The highest BCUT2D eigenvalue weighted by molar-refractivity contribution is 5.68. The van der Waals surface area contributed by atoms with Gasteiger partial charge in [0, 0.05) is 12.6 Å². The van der Waals surface area contributed by atoms with E-state index in [1.54, 1.807) is 4.90 Å². The highest BCUT2D eigenvalue weighted by Crippen LogP contribution is 2.17. The van der Waals surface area contributed by atoms with Crippen LogP contribution in [0.5, 0.6) is 0 Å². The molecule has 12 heavy (non-hydrogen) atoms. The van der Waals surface area contributed by atoms with E-state index in [-0.39, 0.29) is 12.5 Å². The second-order valence-electron chi connectivity index (χ2n) is 3.09. The van der Waals surface area contributed by atoms with Crippen LogP contribution in [0.3, 0.4) is 0 Å². The molecule has 1 aliphatic heterocycles. The first-order valence-electron chi connectivity index (χ1n) is 4.17. The standard InChI is InChI=1S/C8H13NO3/c10-6-9-4-2-1-3-7(9)5-8(11)12/h6-7H,1-5H2,(H,11,12). The van der Waals surface area contributed by atoms with Gasteiger partial charge in [-0.25, -0.2) is 0 Å². The van der Waals surface area contributed by atoms with Crippen LogP contribution < -0.4 is 0 Å². The molecule has 1 N–H and O–H groups in total. The van der Waals surface area contributed by atoms with Gasteiger partial charge in [0.1, 0.15) is 0 Å². The maximum Gasteiger partial charge on any atom is 0.305 e. The van der Waals surface area contributed by atoms with E-state index in [9.17, 15) is 9.59 Å². The molecule has 0 bridgehead atoms. The van der Waals surface area contributed by atoms with Crippen molar-refractivity contribution < 1.29 is 14.7 Å². The zero-order valence-corrected chi connectivity index (χ0v) is 6.90. The Morgan fingerprint density at radius 2 is 2.33 bits per heavy atom. The van der Waals surface area contributed by atoms with Gasteiger partial charge in [-0.15, -0.1) is 0 Å². The number of hydrogen-bond acceptors (Lipinski definition) is 2. The largest absolute Gasteiger partial charge is 0.481 e. The van der Waals surface area contributed by atoms with Crippen molar-refractivity contribution in [2.45, 2.75) is 31.7 Å². The highest BCUT2D eigenvalue weighted by atomic mass is 16.4. The Morgan fingerprint density at radius 3 is 2.92 bits per heavy atom. The second-order valence-corrected chi connectivity index (χ2v) is 3.09. The minimum Gasteiger partial charge on any atom is -0.481 e. The van der Waals surface area contributed by atoms with Gasteiger partial charge >= 0.3 is 5.97 Å². The van der Waals surface area contributed by atoms with Gasteiger partial charge in [-0.3, -0.25) is 9.59 Å². The van der Waals surface area contributed by atoms with Gasteiger partial charge in [0.2, 0.25) is 6.41 Å². The van der Waals surface area contributed by atoms with E-state index in [1.165, 1.54) is 0 Å². The number of nitrogens with zero attached hydrogens (tertiary/aromatic N) is 1. The summed E-state index contributed by atoms with van der Waals surface area (Å²) in [6.07, 6.45) is 3.69. The normalized spacial score (nSPS) is 23.7. The lowest BCUT2D eigenvalue weighted by molar-refractivity contribution is -0.139. The van der Waals surface area contributed by atoms with Crippen molar-refractivity contribution in [3.63, 3.8) is 0 Å². The van der Waals surface area contributed by atoms with Crippen LogP contribution in [0, 0.1) is 0 Å². The predicted molar refractivity (Wildman–Crippen MR) is 42.7 cm³/mol. The summed E-state index contributed by atoms with van der Waals surface area (Å²) in [5.41, 5.74) is 0. The zero-order chi connectivity index (χ0) is 8.97. The molecular weight excluding hydrogens is 158 g/mol. The fraction of sp³-hybridized carbons (Fsp3) is 0.750. The van der Waals surface area contributed by atoms with Gasteiger partial charge in [0.15, 0.2) is 0 Å². The first-order valence-corrected chi connectivity index (χ1v) is 4.17. The molecule has 1 unspecified atom stereocenters. The summed E-state index contributed by atoms with van der Waals surface area (Å²) in [4.78, 5) is 22.5. The molecule has 4 heteroatoms. The van der Waals surface area contributed by atoms with Crippen molar-refractivity contribution >= 4 is 12.4 Å². The fourth-order valence-corrected chi connectivity index (χ4v) is 1.58. The predicted octanol–water partition coefficient (Wildman–Crippen LogP) is 0.472. The van der Waals surface area contributed by atoms with E-state index in [0.29, 0.717) is 6.54 Å². The molecule has 1 atom stereocenters. The van der Waals surface area contributed by atoms with Gasteiger partial charge < -0.3 is 10.0 Å². The summed E-state index contributed by atoms with van der Waals surface area (Å²) in [6.45, 7) is 0.710. The molecule has 1 aliphatic rings. The summed E-state index contributed by atoms with van der Waals surface area (Å²) < 4.78 is 0. The number of amides is 1. The summed E-state index contributed by atoms with van der Waals surface area (Å²) in [5, 5.41) is 8.54. The van der Waals surface area contributed by atoms with Crippen LogP contribution in [0.4, 0.5) is 0 Å². The van der Waals surface area contributed by atoms with Crippen molar-refractivity contribution in [2.24, 2.45) is 0 Å². The van der Waals surface area contributed by atoms with Crippen molar-refractivity contribution in [3.05, 3.63) is 0 Å². The minimum atomic E-state index is -0.825. The van der Waals surface area contributed by atoms with Crippen molar-refractivity contribution in [1.29, 1.82) is 0 Å². The number of likely N-dealkylation sites (tertiary alicyclic amines) is 1. The quantitative estimate of drug-likeness (QED) is 0.628. The van der Waals surface area contributed by atoms with Crippen LogP contribution in [0.2, 0.25) is 0 Å². The van der Waals surface area contributed by atoms with Gasteiger partial charge in [-0.05, 0) is 19.3 Å². The minimum absolute atomic E-state index is 0.0752. The molecule has 0 aromatic heterocycles. The van der Waals surface area contributed by atoms with Gasteiger partial charge in [0.05, 0.1) is 6.42 Å². The summed E-state index contributed by atoms with van der Waals surface area (Å²) in [6, 6.07) is -0.0752. The lowest BCUT2D eigenvalue weighted by Crippen LogP contribution is -2.39. The number of carboxylic acid groups (broad SMARTS) is 1. The lowest BCUT2D eigenvalue weighted by Gasteiger charge is -2.31. The summed E-state index contributed by atoms with van der Waals surface area (Å²) in [7, 11) is 0. The number of rotatable bonds is 3. The average Bonchev–Trinajstić information content (AvgIpc) is 2.04. The molecule has 4 nitrogen and oxygen atoms in total. The third kappa shape index (κ3) is 2.22. The zero-order valence-electron chi connectivity index (χ0n) is 6.90. The number of piperidine rings is 1. The number of carboxylic acids is 1. The van der Waals surface area contributed by atoms with Crippen LogP contribution in [-0.2, 0) is 9.59 Å². The first-order chi connectivity index (χ1) is 5.74. The van der Waals surface area contributed by atoms with Crippen LogP contribution in [0.15, 0.2) is 0 Å². The lowest BCUT2D eigenvalue weighted by atomic mass is 10.0. The molecule has 0 saturated carbocycles. The maximum absolute atomic E-state index is 10.5. The SMILES string of the molecule is O=CN1CCCCC1CC(=O)O. The highest BCUT2D eigenvalue weighted by Gasteiger charge is 2.22. The molecule has 1 rings (SSSR count). The van der Waals surface area contributed by atoms with Gasteiger partial charge in [-0.1, -0.05) is 0 Å². The topological polar surface area (TPSA) is 57.6 Å². The van der Waals surface area contributed by atoms with Gasteiger partial charge in [-0.2, -0.15) is 0 Å². The van der Waals surface area contributed by atoms with Crippen molar-refractivity contribution in [1.82, 2.24) is 4.90 Å². The van der Waals surface area contributed by atoms with E-state index in [2.05, 4.69) is 0 Å². The van der Waals surface area contributed by atoms with E-state index >= 15 is 0 Å². The number of carbonyl (C=O) groups excluding carboxylic acids is 1. The van der Waals surface area contributed by atoms with Crippen molar-refractivity contribution in [2.75, 3.05) is 6.54 Å². The number of hydrogen-bond donors (Lipinski definition) is 1.